The van der Waals surface area contributed by atoms with E-state index in [1.165, 1.54) is 0 Å². The van der Waals surface area contributed by atoms with Crippen LogP contribution in [0.5, 0.6) is 0 Å². The zero-order valence-electron chi connectivity index (χ0n) is 13.8. The lowest BCUT2D eigenvalue weighted by Gasteiger charge is -2.31. The van der Waals surface area contributed by atoms with Gasteiger partial charge in [-0.3, -0.25) is 9.48 Å². The number of β-amino-alcohol motifs (C(OH)–C–C–N with tert-alkyl or cyclic N) is 1. The van der Waals surface area contributed by atoms with Crippen LogP contribution in [0.2, 0.25) is 0 Å². The summed E-state index contributed by atoms with van der Waals surface area (Å²) in [6.45, 7) is 8.94. The van der Waals surface area contributed by atoms with E-state index >= 15 is 0 Å². The number of carboxylic acid groups (broad SMARTS) is 1. The van der Waals surface area contributed by atoms with Gasteiger partial charge in [-0.15, -0.1) is 0 Å². The molecule has 0 aliphatic carbocycles. The van der Waals surface area contributed by atoms with Gasteiger partial charge in [-0.25, -0.2) is 4.79 Å². The molecule has 0 aromatic heterocycles. The molecule has 1 aliphatic heterocycles. The van der Waals surface area contributed by atoms with E-state index < -0.39 is 5.97 Å². The Bertz CT molecular complexity index is 382. The Kier molecular flexibility index (Phi) is 7.15. The Balaban J connectivity index is 3.12. The molecule has 5 heteroatoms. The average molecular weight is 299 g/mol. The van der Waals surface area contributed by atoms with Crippen LogP contribution < -0.4 is 0 Å². The van der Waals surface area contributed by atoms with Gasteiger partial charge in [0.05, 0.1) is 12.0 Å². The zero-order chi connectivity index (χ0) is 15.9. The van der Waals surface area contributed by atoms with E-state index in [-0.39, 0.29) is 18.6 Å². The van der Waals surface area contributed by atoms with Gasteiger partial charge in [-0.2, -0.15) is 0 Å². The number of unbranched alkanes of at least 4 members (excludes halogenated alkanes) is 1. The molecule has 1 unspecified atom stereocenters. The quantitative estimate of drug-likeness (QED) is 0.604. The fourth-order valence-corrected chi connectivity index (χ4v) is 3.54. The van der Waals surface area contributed by atoms with E-state index in [1.54, 1.807) is 0 Å². The van der Waals surface area contributed by atoms with Crippen LogP contribution in [-0.2, 0) is 4.79 Å². The van der Waals surface area contributed by atoms with Gasteiger partial charge in [-0.05, 0) is 19.8 Å². The minimum atomic E-state index is -0.785. The summed E-state index contributed by atoms with van der Waals surface area (Å²) in [5.41, 5.74) is 0.00583. The number of aliphatic hydroxyl groups is 1. The molecule has 21 heavy (non-hydrogen) atoms. The zero-order valence-corrected chi connectivity index (χ0v) is 13.8. The standard InChI is InChI=1S/C16H30N2O3/c1-4-6-8-16(3,7-5-2)15-17(11-12-19)9-10-18(15)13-14(20)21/h19H,4-13H2,1-3H3/p+1. The van der Waals surface area contributed by atoms with E-state index in [4.69, 9.17) is 5.11 Å². The van der Waals surface area contributed by atoms with E-state index in [1.807, 2.05) is 4.58 Å². The third-order valence-corrected chi connectivity index (χ3v) is 4.36. The van der Waals surface area contributed by atoms with Gasteiger partial charge in [0.25, 0.3) is 5.84 Å². The molecule has 1 atom stereocenters. The first kappa shape index (κ1) is 18.0. The molecule has 1 heterocycles. The second kappa shape index (κ2) is 8.37. The molecule has 0 amide bonds. The summed E-state index contributed by atoms with van der Waals surface area (Å²) < 4.78 is 2.00. The van der Waals surface area contributed by atoms with Gasteiger partial charge >= 0.3 is 5.97 Å². The molecule has 0 saturated carbocycles. The van der Waals surface area contributed by atoms with Crippen LogP contribution in [0.25, 0.3) is 0 Å². The fourth-order valence-electron chi connectivity index (χ4n) is 3.54. The Morgan fingerprint density at radius 1 is 1.33 bits per heavy atom. The Morgan fingerprint density at radius 2 is 2.05 bits per heavy atom. The minimum absolute atomic E-state index is 0.00583. The molecule has 1 aliphatic rings. The van der Waals surface area contributed by atoms with Crippen molar-refractivity contribution in [3.05, 3.63) is 0 Å². The molecular formula is C16H31N2O3+. The van der Waals surface area contributed by atoms with E-state index in [0.29, 0.717) is 6.54 Å². The van der Waals surface area contributed by atoms with Crippen molar-refractivity contribution in [3.63, 3.8) is 0 Å². The van der Waals surface area contributed by atoms with Crippen molar-refractivity contribution in [1.29, 1.82) is 0 Å². The van der Waals surface area contributed by atoms with Crippen LogP contribution in [0, 0.1) is 5.41 Å². The lowest BCUT2D eigenvalue weighted by molar-refractivity contribution is -0.512. The molecular weight excluding hydrogens is 268 g/mol. The summed E-state index contributed by atoms with van der Waals surface area (Å²) in [6, 6.07) is 0. The van der Waals surface area contributed by atoms with Crippen molar-refractivity contribution in [3.8, 4) is 0 Å². The van der Waals surface area contributed by atoms with E-state index in [9.17, 15) is 9.90 Å². The summed E-state index contributed by atoms with van der Waals surface area (Å²) in [5.74, 6) is 0.349. The molecule has 122 valence electrons. The number of carbonyl (C=O) groups is 1. The number of rotatable bonds is 10. The number of hydrogen-bond donors (Lipinski definition) is 2. The SMILES string of the molecule is CCCCC(C)(CCC)C1=[N+](CC(=O)O)CCN1CCO. The maximum absolute atomic E-state index is 11.1. The van der Waals surface area contributed by atoms with Crippen molar-refractivity contribution >= 4 is 11.8 Å². The summed E-state index contributed by atoms with van der Waals surface area (Å²) in [6.07, 6.45) is 5.50. The van der Waals surface area contributed by atoms with Gasteiger partial charge in [0.2, 0.25) is 0 Å². The highest BCUT2D eigenvalue weighted by atomic mass is 16.4. The summed E-state index contributed by atoms with van der Waals surface area (Å²) >= 11 is 0. The Labute approximate surface area is 128 Å². The van der Waals surface area contributed by atoms with Gasteiger partial charge in [0.1, 0.15) is 19.6 Å². The third-order valence-electron chi connectivity index (χ3n) is 4.36. The highest BCUT2D eigenvalue weighted by Crippen LogP contribution is 2.34. The van der Waals surface area contributed by atoms with Gasteiger partial charge < -0.3 is 10.2 Å². The van der Waals surface area contributed by atoms with Crippen LogP contribution in [0.3, 0.4) is 0 Å². The first-order valence-corrected chi connectivity index (χ1v) is 8.18. The largest absolute Gasteiger partial charge is 0.478 e. The van der Waals surface area contributed by atoms with Crippen LogP contribution in [-0.4, -0.2) is 64.3 Å². The predicted molar refractivity (Wildman–Crippen MR) is 83.8 cm³/mol. The predicted octanol–water partition coefficient (Wildman–Crippen LogP) is 1.79. The topological polar surface area (TPSA) is 63.8 Å². The number of aliphatic hydroxyl groups excluding tert-OH is 1. The molecule has 0 aromatic carbocycles. The summed E-state index contributed by atoms with van der Waals surface area (Å²) in [5, 5.41) is 18.5. The molecule has 5 nitrogen and oxygen atoms in total. The van der Waals surface area contributed by atoms with E-state index in [0.717, 1.165) is 51.0 Å². The summed E-state index contributed by atoms with van der Waals surface area (Å²) in [7, 11) is 0. The van der Waals surface area contributed by atoms with Crippen LogP contribution in [0.15, 0.2) is 0 Å². The number of aliphatic carboxylic acids is 1. The molecule has 0 spiro atoms. The molecule has 0 fully saturated rings. The number of carboxylic acids is 1. The molecule has 0 radical (unpaired) electrons. The number of nitrogens with zero attached hydrogens (tertiary/aromatic N) is 2. The van der Waals surface area contributed by atoms with Crippen LogP contribution in [0.1, 0.15) is 52.9 Å². The van der Waals surface area contributed by atoms with Crippen molar-refractivity contribution < 1.29 is 19.6 Å². The van der Waals surface area contributed by atoms with Gasteiger partial charge in [0, 0.05) is 0 Å². The molecule has 0 bridgehead atoms. The first-order chi connectivity index (χ1) is 9.98. The summed E-state index contributed by atoms with van der Waals surface area (Å²) in [4.78, 5) is 13.3. The monoisotopic (exact) mass is 299 g/mol. The molecule has 0 aromatic rings. The van der Waals surface area contributed by atoms with Crippen molar-refractivity contribution in [1.82, 2.24) is 4.90 Å². The van der Waals surface area contributed by atoms with E-state index in [2.05, 4.69) is 25.7 Å². The lowest BCUT2D eigenvalue weighted by Crippen LogP contribution is -2.44. The first-order valence-electron chi connectivity index (χ1n) is 8.18. The van der Waals surface area contributed by atoms with Crippen LogP contribution in [0.4, 0.5) is 0 Å². The highest BCUT2D eigenvalue weighted by Gasteiger charge is 2.44. The minimum Gasteiger partial charge on any atom is -0.478 e. The second-order valence-corrected chi connectivity index (χ2v) is 6.26. The number of amidine groups is 1. The Morgan fingerprint density at radius 3 is 2.57 bits per heavy atom. The van der Waals surface area contributed by atoms with Crippen molar-refractivity contribution in [2.45, 2.75) is 52.9 Å². The Hall–Kier alpha value is -1.10. The van der Waals surface area contributed by atoms with Gasteiger partial charge in [0.15, 0.2) is 6.54 Å². The normalized spacial score (nSPS) is 18.2. The molecule has 0 saturated heterocycles. The van der Waals surface area contributed by atoms with Crippen molar-refractivity contribution in [2.24, 2.45) is 5.41 Å². The maximum atomic E-state index is 11.1. The van der Waals surface area contributed by atoms with Crippen LogP contribution >= 0.6 is 0 Å². The van der Waals surface area contributed by atoms with Crippen molar-refractivity contribution in [2.75, 3.05) is 32.8 Å². The molecule has 1 rings (SSSR count). The third kappa shape index (κ3) is 4.70. The average Bonchev–Trinajstić information content (AvgIpc) is 2.80. The maximum Gasteiger partial charge on any atom is 0.345 e. The highest BCUT2D eigenvalue weighted by molar-refractivity contribution is 5.85. The van der Waals surface area contributed by atoms with Gasteiger partial charge in [-0.1, -0.05) is 33.1 Å². The second-order valence-electron chi connectivity index (χ2n) is 6.26. The smallest absolute Gasteiger partial charge is 0.345 e. The lowest BCUT2D eigenvalue weighted by atomic mass is 9.79. The molecule has 2 N–H and O–H groups in total. The number of hydrogen-bond acceptors (Lipinski definition) is 3. The fraction of sp³-hybridized carbons (Fsp3) is 0.875.